The van der Waals surface area contributed by atoms with Crippen LogP contribution in [0.4, 0.5) is 0 Å². The molecular weight excluding hydrogens is 388 g/mol. The van der Waals surface area contributed by atoms with Crippen LogP contribution in [0.25, 0.3) is 22.5 Å². The number of hydrogen-bond acceptors (Lipinski definition) is 6. The van der Waals surface area contributed by atoms with Gasteiger partial charge in [0.05, 0.1) is 17.6 Å². The van der Waals surface area contributed by atoms with Gasteiger partial charge in [0.15, 0.2) is 0 Å². The van der Waals surface area contributed by atoms with Crippen LogP contribution in [0.5, 0.6) is 0 Å². The lowest BCUT2D eigenvalue weighted by Gasteiger charge is -2.17. The molecule has 0 radical (unpaired) electrons. The molecular formula is C24H22N6O. The molecule has 1 amide bonds. The third-order valence-electron chi connectivity index (χ3n) is 4.91. The van der Waals surface area contributed by atoms with Crippen molar-refractivity contribution in [3.05, 3.63) is 90.0 Å². The number of carbonyl (C=O) groups is 1. The molecule has 7 heteroatoms. The number of hydrogen-bond donors (Lipinski definition) is 0. The molecule has 154 valence electrons. The number of rotatable bonds is 5. The van der Waals surface area contributed by atoms with E-state index >= 15 is 0 Å². The largest absolute Gasteiger partial charge is 0.336 e. The lowest BCUT2D eigenvalue weighted by atomic mass is 10.1. The fourth-order valence-electron chi connectivity index (χ4n) is 3.38. The number of aryl methyl sites for hydroxylation is 2. The maximum Gasteiger partial charge on any atom is 0.272 e. The maximum absolute atomic E-state index is 12.8. The molecule has 0 aliphatic heterocycles. The van der Waals surface area contributed by atoms with Crippen LogP contribution in [0.15, 0.2) is 67.5 Å². The van der Waals surface area contributed by atoms with Gasteiger partial charge in [-0.15, -0.1) is 0 Å². The molecule has 0 aliphatic rings. The van der Waals surface area contributed by atoms with E-state index in [2.05, 4.69) is 31.0 Å². The van der Waals surface area contributed by atoms with Gasteiger partial charge in [-0.25, -0.2) is 0 Å². The Kier molecular flexibility index (Phi) is 5.75. The summed E-state index contributed by atoms with van der Waals surface area (Å²) in [5.41, 5.74) is 6.82. The van der Waals surface area contributed by atoms with Gasteiger partial charge in [-0.3, -0.25) is 29.7 Å². The molecule has 0 saturated heterocycles. The van der Waals surface area contributed by atoms with Crippen LogP contribution < -0.4 is 0 Å². The topological polar surface area (TPSA) is 84.8 Å². The van der Waals surface area contributed by atoms with Crippen LogP contribution in [0, 0.1) is 13.8 Å². The summed E-state index contributed by atoms with van der Waals surface area (Å²) in [7, 11) is 1.76. The summed E-state index contributed by atoms with van der Waals surface area (Å²) in [6.07, 6.45) is 10.1. The standard InChI is InChI=1S/C24H22N6O/c1-16-10-18(12-29-23(16)19-6-7-26-17(2)11-19)15-30(3)24(31)21-5-4-20(13-28-21)22-14-25-8-9-27-22/h4-14H,15H2,1-3H3. The molecule has 4 heterocycles. The first kappa shape index (κ1) is 20.3. The summed E-state index contributed by atoms with van der Waals surface area (Å²) >= 11 is 0. The van der Waals surface area contributed by atoms with E-state index in [1.54, 1.807) is 49.0 Å². The molecule has 4 rings (SSSR count). The van der Waals surface area contributed by atoms with Crippen LogP contribution >= 0.6 is 0 Å². The number of carbonyl (C=O) groups excluding carboxylic acids is 1. The van der Waals surface area contributed by atoms with E-state index in [1.807, 2.05) is 38.2 Å². The average molecular weight is 410 g/mol. The SMILES string of the molecule is Cc1cc(-c2ncc(CN(C)C(=O)c3ccc(-c4cnccn4)cn3)cc2C)ccn1. The lowest BCUT2D eigenvalue weighted by molar-refractivity contribution is 0.0779. The minimum Gasteiger partial charge on any atom is -0.336 e. The van der Waals surface area contributed by atoms with E-state index in [0.29, 0.717) is 17.9 Å². The number of amides is 1. The fraction of sp³-hybridized carbons (Fsp3) is 0.167. The average Bonchev–Trinajstić information content (AvgIpc) is 2.79. The molecule has 0 atom stereocenters. The zero-order chi connectivity index (χ0) is 21.8. The van der Waals surface area contributed by atoms with Gasteiger partial charge in [0, 0.05) is 61.4 Å². The highest BCUT2D eigenvalue weighted by Crippen LogP contribution is 2.22. The van der Waals surface area contributed by atoms with Crippen molar-refractivity contribution in [2.75, 3.05) is 7.05 Å². The number of aromatic nitrogens is 5. The summed E-state index contributed by atoms with van der Waals surface area (Å²) in [5, 5.41) is 0. The van der Waals surface area contributed by atoms with Crippen molar-refractivity contribution in [1.29, 1.82) is 0 Å². The summed E-state index contributed by atoms with van der Waals surface area (Å²) in [6, 6.07) is 9.57. The van der Waals surface area contributed by atoms with E-state index in [4.69, 9.17) is 0 Å². The number of nitrogens with zero attached hydrogens (tertiary/aromatic N) is 6. The maximum atomic E-state index is 12.8. The van der Waals surface area contributed by atoms with Crippen molar-refractivity contribution in [2.45, 2.75) is 20.4 Å². The predicted molar refractivity (Wildman–Crippen MR) is 118 cm³/mol. The Morgan fingerprint density at radius 3 is 2.42 bits per heavy atom. The minimum atomic E-state index is -0.155. The van der Waals surface area contributed by atoms with E-state index in [-0.39, 0.29) is 5.91 Å². The van der Waals surface area contributed by atoms with Gasteiger partial charge in [0.2, 0.25) is 0 Å². The Balaban J connectivity index is 1.47. The second-order valence-corrected chi connectivity index (χ2v) is 7.38. The van der Waals surface area contributed by atoms with Crippen molar-refractivity contribution in [2.24, 2.45) is 0 Å². The van der Waals surface area contributed by atoms with Gasteiger partial charge in [-0.2, -0.15) is 0 Å². The predicted octanol–water partition coefficient (Wildman–Crippen LogP) is 3.88. The Morgan fingerprint density at radius 1 is 0.871 bits per heavy atom. The van der Waals surface area contributed by atoms with Crippen molar-refractivity contribution in [3.63, 3.8) is 0 Å². The molecule has 31 heavy (non-hydrogen) atoms. The minimum absolute atomic E-state index is 0.155. The molecule has 0 spiro atoms. The quantitative estimate of drug-likeness (QED) is 0.496. The molecule has 0 fully saturated rings. The number of pyridine rings is 3. The zero-order valence-corrected chi connectivity index (χ0v) is 17.6. The van der Waals surface area contributed by atoms with Crippen LogP contribution in [0.2, 0.25) is 0 Å². The Labute approximate surface area is 180 Å². The zero-order valence-electron chi connectivity index (χ0n) is 17.6. The highest BCUT2D eigenvalue weighted by Gasteiger charge is 2.15. The second kappa shape index (κ2) is 8.79. The van der Waals surface area contributed by atoms with E-state index in [1.165, 1.54) is 0 Å². The van der Waals surface area contributed by atoms with Crippen molar-refractivity contribution in [3.8, 4) is 22.5 Å². The highest BCUT2D eigenvalue weighted by atomic mass is 16.2. The Morgan fingerprint density at radius 2 is 1.74 bits per heavy atom. The van der Waals surface area contributed by atoms with E-state index in [0.717, 1.165) is 33.6 Å². The summed E-state index contributed by atoms with van der Waals surface area (Å²) in [5.74, 6) is -0.155. The van der Waals surface area contributed by atoms with Gasteiger partial charge in [0.25, 0.3) is 5.91 Å². The fourth-order valence-corrected chi connectivity index (χ4v) is 3.38. The van der Waals surface area contributed by atoms with Gasteiger partial charge < -0.3 is 4.90 Å². The second-order valence-electron chi connectivity index (χ2n) is 7.38. The molecule has 0 N–H and O–H groups in total. The smallest absolute Gasteiger partial charge is 0.272 e. The summed E-state index contributed by atoms with van der Waals surface area (Å²) in [4.78, 5) is 35.9. The Hall–Kier alpha value is -4.00. The first-order chi connectivity index (χ1) is 15.0. The monoisotopic (exact) mass is 410 g/mol. The van der Waals surface area contributed by atoms with Crippen LogP contribution in [-0.2, 0) is 6.54 Å². The van der Waals surface area contributed by atoms with Crippen LogP contribution in [-0.4, -0.2) is 42.8 Å². The van der Waals surface area contributed by atoms with Crippen molar-refractivity contribution in [1.82, 2.24) is 29.8 Å². The van der Waals surface area contributed by atoms with Gasteiger partial charge in [0.1, 0.15) is 5.69 Å². The Bertz CT molecular complexity index is 1210. The van der Waals surface area contributed by atoms with Gasteiger partial charge >= 0.3 is 0 Å². The van der Waals surface area contributed by atoms with E-state index < -0.39 is 0 Å². The molecule has 0 saturated carbocycles. The molecule has 0 unspecified atom stereocenters. The van der Waals surface area contributed by atoms with Crippen LogP contribution in [0.1, 0.15) is 27.3 Å². The normalized spacial score (nSPS) is 10.7. The van der Waals surface area contributed by atoms with Crippen molar-refractivity contribution < 1.29 is 4.79 Å². The molecule has 0 bridgehead atoms. The third-order valence-corrected chi connectivity index (χ3v) is 4.91. The lowest BCUT2D eigenvalue weighted by Crippen LogP contribution is -2.27. The first-order valence-corrected chi connectivity index (χ1v) is 9.88. The first-order valence-electron chi connectivity index (χ1n) is 9.88. The molecule has 7 nitrogen and oxygen atoms in total. The molecule has 4 aromatic rings. The molecule has 4 aromatic heterocycles. The van der Waals surface area contributed by atoms with Gasteiger partial charge in [-0.1, -0.05) is 6.07 Å². The third kappa shape index (κ3) is 4.61. The summed E-state index contributed by atoms with van der Waals surface area (Å²) < 4.78 is 0. The molecule has 0 aromatic carbocycles. The van der Waals surface area contributed by atoms with Crippen LogP contribution in [0.3, 0.4) is 0 Å². The van der Waals surface area contributed by atoms with Crippen molar-refractivity contribution >= 4 is 5.91 Å². The highest BCUT2D eigenvalue weighted by molar-refractivity contribution is 5.92. The van der Waals surface area contributed by atoms with Gasteiger partial charge in [-0.05, 0) is 49.2 Å². The molecule has 0 aliphatic carbocycles. The summed E-state index contributed by atoms with van der Waals surface area (Å²) in [6.45, 7) is 4.42. The van der Waals surface area contributed by atoms with E-state index in [9.17, 15) is 4.79 Å².